The Labute approximate surface area is 129 Å². The second-order valence-electron chi connectivity index (χ2n) is 5.54. The van der Waals surface area contributed by atoms with E-state index in [1.165, 1.54) is 0 Å². The van der Waals surface area contributed by atoms with Crippen molar-refractivity contribution in [2.75, 3.05) is 0 Å². The fourth-order valence-electron chi connectivity index (χ4n) is 2.45. The summed E-state index contributed by atoms with van der Waals surface area (Å²) in [7, 11) is 0. The van der Waals surface area contributed by atoms with E-state index in [0.29, 0.717) is 13.0 Å². The normalized spacial score (nSPS) is 10.8. The van der Waals surface area contributed by atoms with Crippen LogP contribution in [0.3, 0.4) is 0 Å². The molecule has 0 atom stereocenters. The van der Waals surface area contributed by atoms with Gasteiger partial charge in [0.2, 0.25) is 5.91 Å². The Kier molecular flexibility index (Phi) is 3.92. The molecule has 1 aromatic carbocycles. The van der Waals surface area contributed by atoms with Gasteiger partial charge in [0.05, 0.1) is 24.9 Å². The topological polar surface area (TPSA) is 55.1 Å². The number of aromatic nitrogens is 1. The van der Waals surface area contributed by atoms with E-state index < -0.39 is 0 Å². The minimum atomic E-state index is -0.0356. The number of rotatable bonds is 4. The number of carbonyl (C=O) groups is 1. The molecule has 22 heavy (non-hydrogen) atoms. The lowest BCUT2D eigenvalue weighted by molar-refractivity contribution is -0.120. The van der Waals surface area contributed by atoms with Crippen molar-refractivity contribution in [3.63, 3.8) is 0 Å². The molecule has 4 nitrogen and oxygen atoms in total. The summed E-state index contributed by atoms with van der Waals surface area (Å²) in [5.41, 5.74) is 4.87. The fourth-order valence-corrected chi connectivity index (χ4v) is 2.45. The first kappa shape index (κ1) is 14.3. The lowest BCUT2D eigenvalue weighted by atomic mass is 10.1. The van der Waals surface area contributed by atoms with Crippen LogP contribution < -0.4 is 5.32 Å². The van der Waals surface area contributed by atoms with Crippen LogP contribution in [0.4, 0.5) is 0 Å². The highest BCUT2D eigenvalue weighted by molar-refractivity contribution is 5.87. The number of benzene rings is 1. The van der Waals surface area contributed by atoms with Gasteiger partial charge in [0.25, 0.3) is 0 Å². The third-order valence-corrected chi connectivity index (χ3v) is 3.60. The molecule has 0 unspecified atom stereocenters. The molecule has 2 heterocycles. The van der Waals surface area contributed by atoms with Crippen LogP contribution >= 0.6 is 0 Å². The first-order valence-corrected chi connectivity index (χ1v) is 7.27. The summed E-state index contributed by atoms with van der Waals surface area (Å²) in [5, 5.41) is 3.89. The number of fused-ring (bicyclic) bond motifs is 1. The maximum absolute atomic E-state index is 12.1. The van der Waals surface area contributed by atoms with Gasteiger partial charge in [-0.25, -0.2) is 0 Å². The van der Waals surface area contributed by atoms with Gasteiger partial charge in [0.15, 0.2) is 0 Å². The third kappa shape index (κ3) is 3.17. The van der Waals surface area contributed by atoms with Crippen LogP contribution in [-0.2, 0) is 17.8 Å². The summed E-state index contributed by atoms with van der Waals surface area (Å²) in [5.74, 6) is -0.0356. The van der Waals surface area contributed by atoms with Crippen molar-refractivity contribution in [3.05, 3.63) is 65.2 Å². The molecule has 3 rings (SSSR count). The van der Waals surface area contributed by atoms with Gasteiger partial charge < -0.3 is 9.73 Å². The molecular formula is C18H18N2O2. The van der Waals surface area contributed by atoms with Crippen LogP contribution in [0, 0.1) is 13.8 Å². The molecule has 0 bridgehead atoms. The van der Waals surface area contributed by atoms with E-state index in [4.69, 9.17) is 4.42 Å². The Morgan fingerprint density at radius 2 is 2.00 bits per heavy atom. The Bertz CT molecular complexity index is 821. The molecule has 3 aromatic rings. The van der Waals surface area contributed by atoms with Gasteiger partial charge in [-0.15, -0.1) is 0 Å². The van der Waals surface area contributed by atoms with Crippen molar-refractivity contribution in [1.29, 1.82) is 0 Å². The van der Waals surface area contributed by atoms with E-state index in [1.54, 1.807) is 12.5 Å². The predicted molar refractivity (Wildman–Crippen MR) is 85.5 cm³/mol. The molecule has 0 aliphatic rings. The van der Waals surface area contributed by atoms with E-state index in [0.717, 1.165) is 33.4 Å². The first-order valence-electron chi connectivity index (χ1n) is 7.27. The molecular weight excluding hydrogens is 276 g/mol. The fraction of sp³-hybridized carbons (Fsp3) is 0.222. The van der Waals surface area contributed by atoms with E-state index in [9.17, 15) is 4.79 Å². The number of carbonyl (C=O) groups excluding carboxylic acids is 1. The van der Waals surface area contributed by atoms with E-state index in [-0.39, 0.29) is 5.91 Å². The number of hydrogen-bond acceptors (Lipinski definition) is 3. The Morgan fingerprint density at radius 3 is 2.82 bits per heavy atom. The van der Waals surface area contributed by atoms with Crippen molar-refractivity contribution in [2.45, 2.75) is 26.8 Å². The average Bonchev–Trinajstić information content (AvgIpc) is 2.87. The van der Waals surface area contributed by atoms with Crippen LogP contribution in [0.5, 0.6) is 0 Å². The van der Waals surface area contributed by atoms with Gasteiger partial charge in [-0.3, -0.25) is 9.78 Å². The lowest BCUT2D eigenvalue weighted by Crippen LogP contribution is -2.24. The quantitative estimate of drug-likeness (QED) is 0.803. The summed E-state index contributed by atoms with van der Waals surface area (Å²) >= 11 is 0. The van der Waals surface area contributed by atoms with E-state index in [2.05, 4.69) is 10.3 Å². The molecule has 0 saturated heterocycles. The zero-order valence-electron chi connectivity index (χ0n) is 12.7. The Hall–Kier alpha value is -2.62. The number of amides is 1. The largest absolute Gasteiger partial charge is 0.464 e. The standard InChI is InChI=1S/C18H18N2O2/c1-12-3-4-16-14(11-22-17(16)8-12)9-18(21)20-10-15-7-13(2)5-6-19-15/h3-8,11H,9-10H2,1-2H3,(H,20,21). The number of furan rings is 1. The van der Waals surface area contributed by atoms with Gasteiger partial charge in [-0.1, -0.05) is 12.1 Å². The van der Waals surface area contributed by atoms with Crippen molar-refractivity contribution in [3.8, 4) is 0 Å². The van der Waals surface area contributed by atoms with Crippen molar-refractivity contribution in [2.24, 2.45) is 0 Å². The van der Waals surface area contributed by atoms with Crippen molar-refractivity contribution >= 4 is 16.9 Å². The van der Waals surface area contributed by atoms with Gasteiger partial charge >= 0.3 is 0 Å². The number of aryl methyl sites for hydroxylation is 2. The number of hydrogen-bond donors (Lipinski definition) is 1. The third-order valence-electron chi connectivity index (χ3n) is 3.60. The summed E-state index contributed by atoms with van der Waals surface area (Å²) in [6.07, 6.45) is 3.72. The second kappa shape index (κ2) is 6.02. The van der Waals surface area contributed by atoms with E-state index in [1.807, 2.05) is 44.2 Å². The summed E-state index contributed by atoms with van der Waals surface area (Å²) in [6.45, 7) is 4.46. The minimum Gasteiger partial charge on any atom is -0.464 e. The summed E-state index contributed by atoms with van der Waals surface area (Å²) < 4.78 is 5.52. The number of nitrogens with zero attached hydrogens (tertiary/aromatic N) is 1. The highest BCUT2D eigenvalue weighted by Crippen LogP contribution is 2.22. The lowest BCUT2D eigenvalue weighted by Gasteiger charge is -2.05. The Morgan fingerprint density at radius 1 is 1.18 bits per heavy atom. The van der Waals surface area contributed by atoms with Crippen molar-refractivity contribution < 1.29 is 9.21 Å². The van der Waals surface area contributed by atoms with Crippen molar-refractivity contribution in [1.82, 2.24) is 10.3 Å². The van der Waals surface area contributed by atoms with Gasteiger partial charge in [0, 0.05) is 17.1 Å². The molecule has 0 radical (unpaired) electrons. The monoisotopic (exact) mass is 294 g/mol. The molecule has 1 amide bonds. The molecule has 0 fully saturated rings. The summed E-state index contributed by atoms with van der Waals surface area (Å²) in [6, 6.07) is 9.91. The molecule has 2 aromatic heterocycles. The molecule has 4 heteroatoms. The van der Waals surface area contributed by atoms with Crippen LogP contribution in [0.25, 0.3) is 11.0 Å². The highest BCUT2D eigenvalue weighted by Gasteiger charge is 2.10. The molecule has 0 aliphatic heterocycles. The Balaban J connectivity index is 1.66. The predicted octanol–water partition coefficient (Wildman–Crippen LogP) is 3.30. The molecule has 0 aliphatic carbocycles. The van der Waals surface area contributed by atoms with Crippen LogP contribution in [0.2, 0.25) is 0 Å². The molecule has 0 saturated carbocycles. The minimum absolute atomic E-state index is 0.0356. The first-order chi connectivity index (χ1) is 10.6. The van der Waals surface area contributed by atoms with Gasteiger partial charge in [-0.2, -0.15) is 0 Å². The number of nitrogens with one attached hydrogen (secondary N) is 1. The SMILES string of the molecule is Cc1ccnc(CNC(=O)Cc2coc3cc(C)ccc23)c1. The zero-order valence-corrected chi connectivity index (χ0v) is 12.7. The number of pyridine rings is 1. The molecule has 1 N–H and O–H groups in total. The van der Waals surface area contributed by atoms with Crippen LogP contribution in [-0.4, -0.2) is 10.9 Å². The highest BCUT2D eigenvalue weighted by atomic mass is 16.3. The van der Waals surface area contributed by atoms with Crippen LogP contribution in [0.15, 0.2) is 47.2 Å². The maximum atomic E-state index is 12.1. The van der Waals surface area contributed by atoms with Gasteiger partial charge in [-0.05, 0) is 43.2 Å². The summed E-state index contributed by atoms with van der Waals surface area (Å²) in [4.78, 5) is 16.3. The average molecular weight is 294 g/mol. The molecule has 112 valence electrons. The zero-order chi connectivity index (χ0) is 15.5. The maximum Gasteiger partial charge on any atom is 0.224 e. The second-order valence-corrected chi connectivity index (χ2v) is 5.54. The van der Waals surface area contributed by atoms with Gasteiger partial charge in [0.1, 0.15) is 5.58 Å². The van der Waals surface area contributed by atoms with Crippen LogP contribution in [0.1, 0.15) is 22.4 Å². The van der Waals surface area contributed by atoms with E-state index >= 15 is 0 Å². The smallest absolute Gasteiger partial charge is 0.224 e. The molecule has 0 spiro atoms.